The summed E-state index contributed by atoms with van der Waals surface area (Å²) in [6.07, 6.45) is -12.6. The van der Waals surface area contributed by atoms with Crippen LogP contribution in [0.3, 0.4) is 0 Å². The summed E-state index contributed by atoms with van der Waals surface area (Å²) in [5.41, 5.74) is 0. The second-order valence-corrected chi connectivity index (χ2v) is 9.14. The van der Waals surface area contributed by atoms with E-state index in [0.29, 0.717) is 0 Å². The number of phosphoric acid groups is 3. The van der Waals surface area contributed by atoms with E-state index in [1.165, 1.54) is 0 Å². The molecule has 1 aliphatic rings. The summed E-state index contributed by atoms with van der Waals surface area (Å²) in [6, 6.07) is 0. The Kier molecular flexibility index (Phi) is 6.77. The third-order valence-electron chi connectivity index (χ3n) is 2.87. The minimum absolute atomic E-state index is 2.23. The first kappa shape index (κ1) is 23.2. The highest BCUT2D eigenvalue weighted by molar-refractivity contribution is 7.66. The lowest BCUT2D eigenvalue weighted by Gasteiger charge is -2.46. The molecule has 4 unspecified atom stereocenters. The molecule has 16 nitrogen and oxygen atoms in total. The van der Waals surface area contributed by atoms with Gasteiger partial charge in [-0.2, -0.15) is 8.62 Å². The molecule has 1 aliphatic carbocycles. The molecule has 10 N–H and O–H groups in total. The summed E-state index contributed by atoms with van der Waals surface area (Å²) in [6.45, 7) is 0. The van der Waals surface area contributed by atoms with Gasteiger partial charge in [-0.05, 0) is 0 Å². The van der Waals surface area contributed by atoms with Gasteiger partial charge < -0.3 is 50.2 Å². The summed E-state index contributed by atoms with van der Waals surface area (Å²) in [7, 11) is -17.7. The van der Waals surface area contributed by atoms with Crippen LogP contribution in [0.1, 0.15) is 0 Å². The van der Waals surface area contributed by atoms with Crippen LogP contribution in [0.2, 0.25) is 0 Å². The molecule has 1 rings (SSSR count). The van der Waals surface area contributed by atoms with Crippen LogP contribution >= 0.6 is 23.5 Å². The molecule has 0 aromatic rings. The first-order valence-electron chi connectivity index (χ1n) is 5.89. The second kappa shape index (κ2) is 7.30. The summed E-state index contributed by atoms with van der Waals surface area (Å²) in [5.74, 6) is -3.72. The Morgan fingerprint density at radius 2 is 1.08 bits per heavy atom. The quantitative estimate of drug-likeness (QED) is 0.140. The first-order valence-corrected chi connectivity index (χ1v) is 10.4. The Hall–Kier alpha value is 0.170. The zero-order valence-corrected chi connectivity index (χ0v) is 14.3. The van der Waals surface area contributed by atoms with Crippen molar-refractivity contribution in [1.29, 1.82) is 0 Å². The van der Waals surface area contributed by atoms with Gasteiger partial charge in [-0.3, -0.25) is 0 Å². The molecule has 25 heavy (non-hydrogen) atoms. The van der Waals surface area contributed by atoms with Gasteiger partial charge in [0.1, 0.15) is 30.5 Å². The molecule has 150 valence electrons. The van der Waals surface area contributed by atoms with E-state index in [2.05, 4.69) is 13.1 Å². The topological polar surface area (TPSA) is 281 Å². The zero-order chi connectivity index (χ0) is 20.0. The number of hydrogen-bond acceptors (Lipinski definition) is 12. The highest BCUT2D eigenvalue weighted by atomic mass is 31.3. The van der Waals surface area contributed by atoms with Crippen LogP contribution in [-0.4, -0.2) is 86.5 Å². The average molecular weight is 436 g/mol. The first-order chi connectivity index (χ1) is 10.9. The molecule has 8 atom stereocenters. The number of rotatable bonds is 6. The summed E-state index contributed by atoms with van der Waals surface area (Å²) in [4.78, 5) is 34.9. The molecular weight excluding hydrogens is 421 g/mol. The maximum absolute atomic E-state index is 11.6. The van der Waals surface area contributed by atoms with Crippen LogP contribution in [-0.2, 0) is 26.8 Å². The molecule has 0 bridgehead atoms. The van der Waals surface area contributed by atoms with Crippen LogP contribution in [0.5, 0.6) is 0 Å². The summed E-state index contributed by atoms with van der Waals surface area (Å²) < 4.78 is 43.8. The van der Waals surface area contributed by atoms with Crippen molar-refractivity contribution in [3.05, 3.63) is 0 Å². The van der Waals surface area contributed by atoms with Gasteiger partial charge in [0.2, 0.25) is 5.79 Å². The summed E-state index contributed by atoms with van der Waals surface area (Å²) >= 11 is 0. The zero-order valence-electron chi connectivity index (χ0n) is 11.7. The molecule has 1 fully saturated rings. The molecule has 0 spiro atoms. The Balaban J connectivity index is 3.06. The smallest absolute Gasteiger partial charge is 0.387 e. The Labute approximate surface area is 137 Å². The molecule has 19 heteroatoms. The standard InChI is InChI=1S/C6H15O16P3/c7-1-2(8)4(10)6(12,5(11)3(1)9)20-24(16,17)22-25(18,19)21-23(13,14)15/h1-5,7-12H,(H,16,17)(H,18,19)(H2,13,14,15)/t1?,2-,3+,4-,5-,6?/m0/s1. The van der Waals surface area contributed by atoms with Gasteiger partial charge in [-0.15, -0.1) is 0 Å². The van der Waals surface area contributed by atoms with E-state index in [4.69, 9.17) is 14.7 Å². The maximum atomic E-state index is 11.6. The molecule has 0 radical (unpaired) electrons. The fourth-order valence-electron chi connectivity index (χ4n) is 1.83. The van der Waals surface area contributed by atoms with E-state index in [1.807, 2.05) is 0 Å². The Bertz CT molecular complexity index is 611. The summed E-state index contributed by atoms with van der Waals surface area (Å²) in [5, 5.41) is 57.1. The second-order valence-electron chi connectivity index (χ2n) is 4.80. The van der Waals surface area contributed by atoms with Gasteiger partial charge in [0.05, 0.1) is 0 Å². The van der Waals surface area contributed by atoms with Gasteiger partial charge in [0.15, 0.2) is 0 Å². The van der Waals surface area contributed by atoms with Gasteiger partial charge >= 0.3 is 23.5 Å². The van der Waals surface area contributed by atoms with Crippen LogP contribution in [0, 0.1) is 0 Å². The van der Waals surface area contributed by atoms with Crippen molar-refractivity contribution in [3.63, 3.8) is 0 Å². The molecule has 1 saturated carbocycles. The van der Waals surface area contributed by atoms with Gasteiger partial charge in [0, 0.05) is 0 Å². The van der Waals surface area contributed by atoms with Crippen molar-refractivity contribution in [1.82, 2.24) is 0 Å². The number of aliphatic hydroxyl groups is 6. The normalized spacial score (nSPS) is 41.8. The van der Waals surface area contributed by atoms with E-state index in [9.17, 15) is 49.2 Å². The minimum Gasteiger partial charge on any atom is -0.387 e. The van der Waals surface area contributed by atoms with Gasteiger partial charge in [-0.25, -0.2) is 18.2 Å². The van der Waals surface area contributed by atoms with Gasteiger partial charge in [0.25, 0.3) is 0 Å². The largest absolute Gasteiger partial charge is 0.490 e. The van der Waals surface area contributed by atoms with Crippen LogP contribution in [0.25, 0.3) is 0 Å². The highest BCUT2D eigenvalue weighted by Crippen LogP contribution is 2.67. The van der Waals surface area contributed by atoms with E-state index in [0.717, 1.165) is 0 Å². The number of phosphoric ester groups is 1. The number of hydrogen-bond donors (Lipinski definition) is 10. The number of aliphatic hydroxyl groups excluding tert-OH is 5. The Morgan fingerprint density at radius 1 is 0.680 bits per heavy atom. The predicted octanol–water partition coefficient (Wildman–Crippen LogP) is -4.16. The molecule has 0 heterocycles. The average Bonchev–Trinajstić information content (AvgIpc) is 2.36. The molecule has 0 aliphatic heterocycles. The lowest BCUT2D eigenvalue weighted by molar-refractivity contribution is -0.336. The highest BCUT2D eigenvalue weighted by Gasteiger charge is 2.62. The lowest BCUT2D eigenvalue weighted by Crippen LogP contribution is -2.71. The van der Waals surface area contributed by atoms with E-state index >= 15 is 0 Å². The van der Waals surface area contributed by atoms with Crippen molar-refractivity contribution in [2.45, 2.75) is 36.3 Å². The lowest BCUT2D eigenvalue weighted by atomic mass is 9.82. The SMILES string of the molecule is O=P(O)(O)OP(=O)(O)OP(=O)(O)OC1(O)[C@@H](O)[C@H](O)C(O)[C@H](O)[C@@H]1O. The van der Waals surface area contributed by atoms with E-state index in [1.54, 1.807) is 0 Å². The fourth-order valence-corrected chi connectivity index (χ4v) is 5.05. The molecule has 0 saturated heterocycles. The predicted molar refractivity (Wildman–Crippen MR) is 69.9 cm³/mol. The van der Waals surface area contributed by atoms with E-state index in [-0.39, 0.29) is 0 Å². The van der Waals surface area contributed by atoms with Crippen LogP contribution in [0.15, 0.2) is 0 Å². The maximum Gasteiger partial charge on any atom is 0.490 e. The van der Waals surface area contributed by atoms with Crippen molar-refractivity contribution in [2.75, 3.05) is 0 Å². The molecular formula is C6H15O16P3. The Morgan fingerprint density at radius 3 is 1.44 bits per heavy atom. The fraction of sp³-hybridized carbons (Fsp3) is 1.00. The van der Waals surface area contributed by atoms with Crippen LogP contribution < -0.4 is 0 Å². The van der Waals surface area contributed by atoms with Crippen molar-refractivity contribution >= 4 is 23.5 Å². The molecule has 0 aromatic heterocycles. The van der Waals surface area contributed by atoms with Crippen molar-refractivity contribution in [3.8, 4) is 0 Å². The third-order valence-corrected chi connectivity index (χ3v) is 6.72. The van der Waals surface area contributed by atoms with E-state index < -0.39 is 59.8 Å². The monoisotopic (exact) mass is 436 g/mol. The van der Waals surface area contributed by atoms with Crippen molar-refractivity contribution < 1.29 is 77.1 Å². The van der Waals surface area contributed by atoms with Crippen LogP contribution in [0.4, 0.5) is 0 Å². The molecule has 0 aromatic carbocycles. The van der Waals surface area contributed by atoms with Crippen molar-refractivity contribution in [2.24, 2.45) is 0 Å². The third kappa shape index (κ3) is 5.57. The molecule has 0 amide bonds. The minimum atomic E-state index is -6.04. The van der Waals surface area contributed by atoms with Gasteiger partial charge in [-0.1, -0.05) is 0 Å².